The predicted octanol–water partition coefficient (Wildman–Crippen LogP) is 2.24. The van der Waals surface area contributed by atoms with E-state index in [4.69, 9.17) is 4.84 Å². The van der Waals surface area contributed by atoms with Crippen LogP contribution in [0, 0.1) is 17.0 Å². The molecule has 1 aromatic heterocycles. The summed E-state index contributed by atoms with van der Waals surface area (Å²) < 4.78 is 1.07. The number of aromatic nitrogens is 2. The van der Waals surface area contributed by atoms with Gasteiger partial charge in [0, 0.05) is 12.1 Å². The Bertz CT molecular complexity index is 935. The largest absolute Gasteiger partial charge is 0.404 e. The molecular formula is C16H13N3O4. The number of non-ortho nitro benzene ring substituents is 1. The summed E-state index contributed by atoms with van der Waals surface area (Å²) in [6, 6.07) is 13.4. The monoisotopic (exact) mass is 311 g/mol. The van der Waals surface area contributed by atoms with Gasteiger partial charge in [0.05, 0.1) is 15.8 Å². The van der Waals surface area contributed by atoms with Crippen molar-refractivity contribution in [2.75, 3.05) is 0 Å². The van der Waals surface area contributed by atoms with Gasteiger partial charge < -0.3 is 4.84 Å². The van der Waals surface area contributed by atoms with Crippen molar-refractivity contribution in [2.45, 2.75) is 13.5 Å². The van der Waals surface area contributed by atoms with E-state index in [0.717, 1.165) is 10.3 Å². The molecule has 0 fully saturated rings. The first kappa shape index (κ1) is 14.7. The lowest BCUT2D eigenvalue weighted by molar-refractivity contribution is -0.384. The third-order valence-corrected chi connectivity index (χ3v) is 3.39. The minimum Gasteiger partial charge on any atom is -0.404 e. The van der Waals surface area contributed by atoms with Crippen molar-refractivity contribution < 1.29 is 9.76 Å². The van der Waals surface area contributed by atoms with Crippen LogP contribution in [0.2, 0.25) is 0 Å². The summed E-state index contributed by atoms with van der Waals surface area (Å²) in [7, 11) is 0. The minimum absolute atomic E-state index is 0.151. The molecule has 1 heterocycles. The Hall–Kier alpha value is -3.22. The maximum absolute atomic E-state index is 12.5. The van der Waals surface area contributed by atoms with Crippen molar-refractivity contribution in [3.63, 3.8) is 0 Å². The number of hydrogen-bond donors (Lipinski definition) is 0. The summed E-state index contributed by atoms with van der Waals surface area (Å²) in [5.41, 5.74) is 0.678. The molecule has 0 N–H and O–H groups in total. The summed E-state index contributed by atoms with van der Waals surface area (Å²) in [6.45, 7) is 1.84. The summed E-state index contributed by atoms with van der Waals surface area (Å²) in [4.78, 5) is 32.6. The normalized spacial score (nSPS) is 10.7. The van der Waals surface area contributed by atoms with Crippen LogP contribution in [0.4, 0.5) is 5.69 Å². The zero-order chi connectivity index (χ0) is 16.4. The maximum atomic E-state index is 12.5. The molecule has 0 unspecified atom stereocenters. The van der Waals surface area contributed by atoms with Gasteiger partial charge in [0.2, 0.25) is 0 Å². The van der Waals surface area contributed by atoms with Gasteiger partial charge in [0.25, 0.3) is 11.2 Å². The van der Waals surface area contributed by atoms with Crippen molar-refractivity contribution in [3.05, 3.63) is 80.4 Å². The van der Waals surface area contributed by atoms with Gasteiger partial charge in [-0.25, -0.2) is 4.98 Å². The molecular weight excluding hydrogens is 298 g/mol. The highest BCUT2D eigenvalue weighted by atomic mass is 16.7. The van der Waals surface area contributed by atoms with Crippen molar-refractivity contribution in [2.24, 2.45) is 0 Å². The maximum Gasteiger partial charge on any atom is 0.294 e. The number of nitro groups is 1. The van der Waals surface area contributed by atoms with Gasteiger partial charge in [0.1, 0.15) is 12.4 Å². The van der Waals surface area contributed by atoms with E-state index in [2.05, 4.69) is 4.98 Å². The first-order valence-electron chi connectivity index (χ1n) is 6.91. The first-order chi connectivity index (χ1) is 11.1. The van der Waals surface area contributed by atoms with Crippen molar-refractivity contribution in [3.8, 4) is 0 Å². The molecule has 7 nitrogen and oxygen atoms in total. The van der Waals surface area contributed by atoms with E-state index in [1.165, 1.54) is 18.2 Å². The van der Waals surface area contributed by atoms with Gasteiger partial charge in [0.15, 0.2) is 0 Å². The van der Waals surface area contributed by atoms with E-state index in [1.54, 1.807) is 6.92 Å². The molecule has 3 aromatic rings. The van der Waals surface area contributed by atoms with E-state index < -0.39 is 10.5 Å². The molecule has 23 heavy (non-hydrogen) atoms. The van der Waals surface area contributed by atoms with Crippen molar-refractivity contribution in [1.29, 1.82) is 0 Å². The first-order valence-corrected chi connectivity index (χ1v) is 6.91. The van der Waals surface area contributed by atoms with Crippen LogP contribution >= 0.6 is 0 Å². The number of hydrogen-bond acceptors (Lipinski definition) is 5. The van der Waals surface area contributed by atoms with Crippen LogP contribution < -0.4 is 10.4 Å². The third-order valence-electron chi connectivity index (χ3n) is 3.39. The summed E-state index contributed by atoms with van der Waals surface area (Å²) in [5.74, 6) is 0.382. The Morgan fingerprint density at radius 2 is 1.96 bits per heavy atom. The van der Waals surface area contributed by atoms with E-state index >= 15 is 0 Å². The van der Waals surface area contributed by atoms with Crippen LogP contribution in [0.15, 0.2) is 53.3 Å². The second kappa shape index (κ2) is 5.88. The molecule has 0 bridgehead atoms. The van der Waals surface area contributed by atoms with E-state index in [0.29, 0.717) is 11.3 Å². The Labute approximate surface area is 130 Å². The smallest absolute Gasteiger partial charge is 0.294 e. The summed E-state index contributed by atoms with van der Waals surface area (Å²) in [6.07, 6.45) is 0. The summed E-state index contributed by atoms with van der Waals surface area (Å²) in [5, 5.41) is 11.0. The standard InChI is InChI=1S/C16H13N3O4/c1-11-17-15-8-7-13(19(21)22)9-14(15)16(20)18(11)23-10-12-5-3-2-4-6-12/h2-9H,10H2,1H3. The molecule has 0 aliphatic rings. The number of nitrogens with zero attached hydrogens (tertiary/aromatic N) is 3. The lowest BCUT2D eigenvalue weighted by Crippen LogP contribution is -2.30. The fraction of sp³-hybridized carbons (Fsp3) is 0.125. The number of rotatable bonds is 4. The highest BCUT2D eigenvalue weighted by molar-refractivity contribution is 5.80. The summed E-state index contributed by atoms with van der Waals surface area (Å²) >= 11 is 0. The zero-order valence-corrected chi connectivity index (χ0v) is 12.3. The van der Waals surface area contributed by atoms with Crippen LogP contribution in [-0.4, -0.2) is 14.6 Å². The van der Waals surface area contributed by atoms with Crippen LogP contribution in [0.3, 0.4) is 0 Å². The second-order valence-electron chi connectivity index (χ2n) is 4.98. The quantitative estimate of drug-likeness (QED) is 0.544. The molecule has 0 spiro atoms. The average molecular weight is 311 g/mol. The minimum atomic E-state index is -0.548. The number of nitro benzene ring substituents is 1. The average Bonchev–Trinajstić information content (AvgIpc) is 2.55. The fourth-order valence-electron chi connectivity index (χ4n) is 2.25. The molecule has 2 aromatic carbocycles. The Kier molecular flexibility index (Phi) is 3.76. The SMILES string of the molecule is Cc1nc2ccc([N+](=O)[O-])cc2c(=O)n1OCc1ccccc1. The Morgan fingerprint density at radius 1 is 1.22 bits per heavy atom. The second-order valence-corrected chi connectivity index (χ2v) is 4.98. The highest BCUT2D eigenvalue weighted by Gasteiger charge is 2.13. The van der Waals surface area contributed by atoms with E-state index in [9.17, 15) is 14.9 Å². The van der Waals surface area contributed by atoms with E-state index in [-0.39, 0.29) is 17.7 Å². The van der Waals surface area contributed by atoms with Gasteiger partial charge in [-0.15, -0.1) is 4.73 Å². The fourth-order valence-corrected chi connectivity index (χ4v) is 2.25. The Morgan fingerprint density at radius 3 is 2.65 bits per heavy atom. The third kappa shape index (κ3) is 2.89. The zero-order valence-electron chi connectivity index (χ0n) is 12.3. The molecule has 0 aliphatic heterocycles. The lowest BCUT2D eigenvalue weighted by atomic mass is 10.2. The molecule has 3 rings (SSSR count). The molecule has 0 aliphatic carbocycles. The van der Waals surface area contributed by atoms with Gasteiger partial charge in [-0.3, -0.25) is 14.9 Å². The van der Waals surface area contributed by atoms with Crippen LogP contribution in [-0.2, 0) is 6.61 Å². The Balaban J connectivity index is 2.02. The molecule has 7 heteroatoms. The van der Waals surface area contributed by atoms with Crippen LogP contribution in [0.1, 0.15) is 11.4 Å². The highest BCUT2D eigenvalue weighted by Crippen LogP contribution is 2.16. The molecule has 0 atom stereocenters. The number of aryl methyl sites for hydroxylation is 1. The molecule has 0 saturated carbocycles. The lowest BCUT2D eigenvalue weighted by Gasteiger charge is -2.11. The molecule has 0 amide bonds. The van der Waals surface area contributed by atoms with Gasteiger partial charge in [-0.05, 0) is 18.6 Å². The molecule has 116 valence electrons. The predicted molar refractivity (Wildman–Crippen MR) is 84.1 cm³/mol. The van der Waals surface area contributed by atoms with Crippen molar-refractivity contribution in [1.82, 2.24) is 9.71 Å². The molecule has 0 radical (unpaired) electrons. The number of fused-ring (bicyclic) bond motifs is 1. The van der Waals surface area contributed by atoms with Crippen LogP contribution in [0.25, 0.3) is 10.9 Å². The van der Waals surface area contributed by atoms with Gasteiger partial charge in [-0.1, -0.05) is 30.3 Å². The van der Waals surface area contributed by atoms with Crippen LogP contribution in [0.5, 0.6) is 0 Å². The van der Waals surface area contributed by atoms with E-state index in [1.807, 2.05) is 30.3 Å². The molecule has 0 saturated heterocycles. The van der Waals surface area contributed by atoms with Crippen molar-refractivity contribution >= 4 is 16.6 Å². The number of benzene rings is 2. The van der Waals surface area contributed by atoms with Gasteiger partial charge >= 0.3 is 0 Å². The van der Waals surface area contributed by atoms with Gasteiger partial charge in [-0.2, -0.15) is 0 Å². The topological polar surface area (TPSA) is 87.3 Å².